The van der Waals surface area contributed by atoms with Crippen LogP contribution in [0.3, 0.4) is 0 Å². The lowest BCUT2D eigenvalue weighted by Crippen LogP contribution is -2.40. The number of carbonyl (C=O) groups is 1. The van der Waals surface area contributed by atoms with Crippen molar-refractivity contribution in [3.05, 3.63) is 52.8 Å². The predicted octanol–water partition coefficient (Wildman–Crippen LogP) is 6.10. The van der Waals surface area contributed by atoms with Gasteiger partial charge in [-0.1, -0.05) is 16.8 Å². The average Bonchev–Trinajstić information content (AvgIpc) is 3.47. The van der Waals surface area contributed by atoms with Crippen LogP contribution in [0, 0.1) is 13.8 Å². The smallest absolute Gasteiger partial charge is 0.227 e. The van der Waals surface area contributed by atoms with E-state index in [0.717, 1.165) is 83.8 Å². The Balaban J connectivity index is 1.50. The first-order chi connectivity index (χ1) is 18.9. The van der Waals surface area contributed by atoms with Gasteiger partial charge in [0.1, 0.15) is 22.9 Å². The number of aliphatic hydroxyl groups excluding tert-OH is 1. The monoisotopic (exact) mass is 549 g/mol. The van der Waals surface area contributed by atoms with Gasteiger partial charge in [0.05, 0.1) is 30.0 Å². The molecule has 10 heteroatoms. The van der Waals surface area contributed by atoms with E-state index >= 15 is 0 Å². The van der Waals surface area contributed by atoms with Gasteiger partial charge in [0.15, 0.2) is 5.65 Å². The second-order valence-electron chi connectivity index (χ2n) is 10.6. The third kappa shape index (κ3) is 4.57. The molecule has 9 nitrogen and oxygen atoms in total. The van der Waals surface area contributed by atoms with Crippen molar-refractivity contribution in [2.24, 2.45) is 0 Å². The van der Waals surface area contributed by atoms with Crippen LogP contribution >= 0.6 is 11.6 Å². The van der Waals surface area contributed by atoms with E-state index < -0.39 is 0 Å². The summed E-state index contributed by atoms with van der Waals surface area (Å²) in [5, 5.41) is 14.8. The van der Waals surface area contributed by atoms with Crippen molar-refractivity contribution >= 4 is 34.4 Å². The molecule has 204 valence electrons. The fourth-order valence-electron chi connectivity index (χ4n) is 6.19. The van der Waals surface area contributed by atoms with Crippen molar-refractivity contribution in [2.75, 3.05) is 12.0 Å². The number of imidazole rings is 1. The van der Waals surface area contributed by atoms with Gasteiger partial charge in [-0.3, -0.25) is 4.79 Å². The van der Waals surface area contributed by atoms with Crippen LogP contribution in [0.15, 0.2) is 35.0 Å². The van der Waals surface area contributed by atoms with Gasteiger partial charge in [0.25, 0.3) is 0 Å². The number of ether oxygens (including phenoxy) is 1. The van der Waals surface area contributed by atoms with Crippen molar-refractivity contribution in [1.82, 2.24) is 19.7 Å². The lowest BCUT2D eigenvalue weighted by Gasteiger charge is -2.37. The molecular weight excluding hydrogens is 518 g/mol. The molecular formula is C29H32ClN5O4. The Kier molecular flexibility index (Phi) is 6.81. The molecule has 39 heavy (non-hydrogen) atoms. The minimum Gasteiger partial charge on any atom is -0.495 e. The average molecular weight is 550 g/mol. The van der Waals surface area contributed by atoms with Gasteiger partial charge in [-0.25, -0.2) is 9.97 Å². The molecule has 0 radical (unpaired) electrons. The number of fused-ring (bicyclic) bond motifs is 1. The predicted molar refractivity (Wildman–Crippen MR) is 148 cm³/mol. The summed E-state index contributed by atoms with van der Waals surface area (Å²) in [6.45, 7) is 3.81. The molecule has 4 heterocycles. The summed E-state index contributed by atoms with van der Waals surface area (Å²) < 4.78 is 13.0. The number of rotatable bonds is 5. The second-order valence-corrected chi connectivity index (χ2v) is 11.0. The first kappa shape index (κ1) is 25.8. The Bertz CT molecular complexity index is 1520. The van der Waals surface area contributed by atoms with Gasteiger partial charge in [0, 0.05) is 35.5 Å². The van der Waals surface area contributed by atoms with Crippen molar-refractivity contribution in [2.45, 2.75) is 77.0 Å². The lowest BCUT2D eigenvalue weighted by atomic mass is 9.92. The number of amides is 1. The summed E-state index contributed by atoms with van der Waals surface area (Å²) in [5.41, 5.74) is 4.88. The molecule has 2 aliphatic rings. The highest BCUT2D eigenvalue weighted by Crippen LogP contribution is 2.42. The second kappa shape index (κ2) is 10.3. The van der Waals surface area contributed by atoms with E-state index in [9.17, 15) is 9.90 Å². The maximum Gasteiger partial charge on any atom is 0.227 e. The molecule has 1 unspecified atom stereocenters. The summed E-state index contributed by atoms with van der Waals surface area (Å²) >= 11 is 6.48. The molecule has 1 aliphatic heterocycles. The quantitative estimate of drug-likeness (QED) is 0.320. The first-order valence-electron chi connectivity index (χ1n) is 13.5. The standard InChI is InChI=1S/C29H32ClN5O4/c1-16-27(17(2)39-33-16)18-13-23-28(31-15-18)35(19-7-10-21(36)11-8-19)29(32-23)24-5-4-6-26(37)34(24)20-9-12-25(38-3)22(30)14-20/h9,12-15,19,21,24,36H,4-8,10-11H2,1-3H3. The van der Waals surface area contributed by atoms with E-state index in [1.54, 1.807) is 19.2 Å². The van der Waals surface area contributed by atoms with Crippen LogP contribution in [0.1, 0.15) is 74.3 Å². The van der Waals surface area contributed by atoms with Gasteiger partial charge in [-0.05, 0) is 76.6 Å². The lowest BCUT2D eigenvalue weighted by molar-refractivity contribution is -0.120. The molecule has 1 aromatic carbocycles. The van der Waals surface area contributed by atoms with E-state index in [-0.39, 0.29) is 24.1 Å². The highest BCUT2D eigenvalue weighted by atomic mass is 35.5. The SMILES string of the molecule is COc1ccc(N2C(=O)CCCC2c2nc3cc(-c4c(C)noc4C)cnc3n2C2CCC(O)CC2)cc1Cl. The first-order valence-corrected chi connectivity index (χ1v) is 13.9. The molecule has 3 aromatic heterocycles. The molecule has 1 atom stereocenters. The highest BCUT2D eigenvalue weighted by Gasteiger charge is 2.37. The molecule has 0 spiro atoms. The van der Waals surface area contributed by atoms with Gasteiger partial charge in [0.2, 0.25) is 5.91 Å². The number of nitrogens with zero attached hydrogens (tertiary/aromatic N) is 5. The van der Waals surface area contributed by atoms with Crippen LogP contribution < -0.4 is 9.64 Å². The number of anilines is 1. The summed E-state index contributed by atoms with van der Waals surface area (Å²) in [4.78, 5) is 25.3. The van der Waals surface area contributed by atoms with Crippen molar-refractivity contribution < 1.29 is 19.2 Å². The molecule has 0 bridgehead atoms. The largest absolute Gasteiger partial charge is 0.495 e. The molecule has 1 N–H and O–H groups in total. The Morgan fingerprint density at radius 3 is 2.62 bits per heavy atom. The molecule has 1 aliphatic carbocycles. The normalized spacial score (nSPS) is 22.0. The van der Waals surface area contributed by atoms with Crippen molar-refractivity contribution in [3.8, 4) is 16.9 Å². The van der Waals surface area contributed by atoms with Crippen molar-refractivity contribution in [1.29, 1.82) is 0 Å². The zero-order valence-corrected chi connectivity index (χ0v) is 23.1. The van der Waals surface area contributed by atoms with Gasteiger partial charge in [-0.2, -0.15) is 0 Å². The topological polar surface area (TPSA) is 107 Å². The number of aryl methyl sites for hydroxylation is 2. The third-order valence-electron chi connectivity index (χ3n) is 8.07. The maximum absolute atomic E-state index is 13.4. The number of carbonyl (C=O) groups excluding carboxylic acids is 1. The number of aromatic nitrogens is 4. The van der Waals surface area contributed by atoms with Gasteiger partial charge in [-0.15, -0.1) is 0 Å². The van der Waals surface area contributed by atoms with Crippen LogP contribution in [-0.2, 0) is 4.79 Å². The van der Waals surface area contributed by atoms with Crippen LogP contribution in [-0.4, -0.2) is 43.9 Å². The minimum absolute atomic E-state index is 0.0366. The number of pyridine rings is 1. The summed E-state index contributed by atoms with van der Waals surface area (Å²) in [5.74, 6) is 2.14. The fraction of sp³-hybridized carbons (Fsp3) is 0.448. The number of piperidine rings is 1. The number of benzene rings is 1. The molecule has 1 saturated heterocycles. The Morgan fingerprint density at radius 2 is 1.92 bits per heavy atom. The third-order valence-corrected chi connectivity index (χ3v) is 8.37. The molecule has 2 fully saturated rings. The van der Waals surface area contributed by atoms with E-state index in [1.807, 2.05) is 37.1 Å². The number of aliphatic hydroxyl groups is 1. The van der Waals surface area contributed by atoms with Crippen LogP contribution in [0.4, 0.5) is 5.69 Å². The van der Waals surface area contributed by atoms with Gasteiger partial charge < -0.3 is 23.8 Å². The summed E-state index contributed by atoms with van der Waals surface area (Å²) in [6, 6.07) is 7.33. The zero-order chi connectivity index (χ0) is 27.3. The molecule has 6 rings (SSSR count). The number of hydrogen-bond donors (Lipinski definition) is 1. The fourth-order valence-corrected chi connectivity index (χ4v) is 6.44. The molecule has 1 amide bonds. The summed E-state index contributed by atoms with van der Waals surface area (Å²) in [7, 11) is 1.57. The summed E-state index contributed by atoms with van der Waals surface area (Å²) in [6.07, 6.45) is 6.66. The van der Waals surface area contributed by atoms with Gasteiger partial charge >= 0.3 is 0 Å². The van der Waals surface area contributed by atoms with Crippen molar-refractivity contribution in [3.63, 3.8) is 0 Å². The molecule has 1 saturated carbocycles. The zero-order valence-electron chi connectivity index (χ0n) is 22.4. The van der Waals surface area contributed by atoms with E-state index in [1.165, 1.54) is 0 Å². The maximum atomic E-state index is 13.4. The number of halogens is 1. The Labute approximate surface area is 231 Å². The van der Waals surface area contributed by atoms with E-state index in [4.69, 9.17) is 30.8 Å². The van der Waals surface area contributed by atoms with Crippen LogP contribution in [0.25, 0.3) is 22.3 Å². The van der Waals surface area contributed by atoms with Crippen LogP contribution in [0.5, 0.6) is 5.75 Å². The molecule has 4 aromatic rings. The minimum atomic E-state index is -0.284. The van der Waals surface area contributed by atoms with E-state index in [0.29, 0.717) is 17.2 Å². The Hall–Kier alpha value is -3.43. The van der Waals surface area contributed by atoms with Crippen LogP contribution in [0.2, 0.25) is 5.02 Å². The van der Waals surface area contributed by atoms with E-state index in [2.05, 4.69) is 9.72 Å². The highest BCUT2D eigenvalue weighted by molar-refractivity contribution is 6.32. The number of hydrogen-bond acceptors (Lipinski definition) is 7. The Morgan fingerprint density at radius 1 is 1.13 bits per heavy atom. The number of methoxy groups -OCH3 is 1.